The van der Waals surface area contributed by atoms with Gasteiger partial charge in [0.25, 0.3) is 0 Å². The zero-order chi connectivity index (χ0) is 25.5. The van der Waals surface area contributed by atoms with Crippen molar-refractivity contribution in [1.29, 1.82) is 16.1 Å². The van der Waals surface area contributed by atoms with Crippen molar-refractivity contribution in [3.63, 3.8) is 0 Å². The van der Waals surface area contributed by atoms with Crippen LogP contribution in [0.5, 0.6) is 0 Å². The first kappa shape index (κ1) is 25.6. The summed E-state index contributed by atoms with van der Waals surface area (Å²) in [6.45, 7) is 5.07. The lowest BCUT2D eigenvalue weighted by Gasteiger charge is -2.34. The molecule has 1 fully saturated rings. The predicted octanol–water partition coefficient (Wildman–Crippen LogP) is 5.00. The van der Waals surface area contributed by atoms with Crippen LogP contribution in [0, 0.1) is 22.1 Å². The first-order valence-electron chi connectivity index (χ1n) is 13.1. The molecule has 0 amide bonds. The van der Waals surface area contributed by atoms with E-state index in [1.807, 2.05) is 30.3 Å². The molecule has 4 N–H and O–H groups in total. The van der Waals surface area contributed by atoms with Crippen LogP contribution in [-0.2, 0) is 0 Å². The molecular formula is C29H37N7. The molecule has 0 atom stereocenters. The van der Waals surface area contributed by atoms with Gasteiger partial charge in [0.15, 0.2) is 0 Å². The average Bonchev–Trinajstić information content (AvgIpc) is 2.92. The van der Waals surface area contributed by atoms with E-state index in [-0.39, 0.29) is 5.71 Å². The van der Waals surface area contributed by atoms with Crippen LogP contribution in [-0.4, -0.2) is 54.0 Å². The Kier molecular flexibility index (Phi) is 8.50. The molecule has 0 bridgehead atoms. The maximum atomic E-state index is 9.33. The predicted molar refractivity (Wildman–Crippen MR) is 147 cm³/mol. The van der Waals surface area contributed by atoms with Gasteiger partial charge >= 0.3 is 0 Å². The van der Waals surface area contributed by atoms with E-state index in [0.29, 0.717) is 23.0 Å². The molecule has 188 valence electrons. The van der Waals surface area contributed by atoms with E-state index in [1.165, 1.54) is 37.8 Å². The Labute approximate surface area is 214 Å². The lowest BCUT2D eigenvalue weighted by atomic mass is 9.91. The highest BCUT2D eigenvalue weighted by atomic mass is 15.1. The Hall–Kier alpha value is -3.50. The number of nitrogens with one attached hydrogen (secondary N) is 4. The van der Waals surface area contributed by atoms with Crippen molar-refractivity contribution in [3.8, 4) is 6.07 Å². The number of pyridine rings is 1. The molecule has 0 spiro atoms. The summed E-state index contributed by atoms with van der Waals surface area (Å²) in [5, 5.41) is 35.2. The molecular weight excluding hydrogens is 446 g/mol. The van der Waals surface area contributed by atoms with E-state index in [9.17, 15) is 10.7 Å². The van der Waals surface area contributed by atoms with Crippen molar-refractivity contribution < 1.29 is 0 Å². The molecule has 2 aliphatic rings. The quantitative estimate of drug-likeness (QED) is 0.375. The summed E-state index contributed by atoms with van der Waals surface area (Å²) in [6, 6.07) is 10.3. The Morgan fingerprint density at radius 2 is 2.06 bits per heavy atom. The first-order valence-corrected chi connectivity index (χ1v) is 13.1. The highest BCUT2D eigenvalue weighted by Gasteiger charge is 2.25. The third-order valence-corrected chi connectivity index (χ3v) is 7.23. The molecule has 1 aliphatic heterocycles. The highest BCUT2D eigenvalue weighted by Crippen LogP contribution is 2.28. The largest absolute Gasteiger partial charge is 0.393 e. The van der Waals surface area contributed by atoms with Gasteiger partial charge in [-0.25, -0.2) is 0 Å². The zero-order valence-corrected chi connectivity index (χ0v) is 21.5. The molecule has 2 heterocycles. The van der Waals surface area contributed by atoms with E-state index in [4.69, 9.17) is 5.41 Å². The van der Waals surface area contributed by atoms with E-state index in [2.05, 4.69) is 27.4 Å². The fourth-order valence-corrected chi connectivity index (χ4v) is 5.39. The van der Waals surface area contributed by atoms with Gasteiger partial charge in [-0.15, -0.1) is 0 Å². The molecule has 7 nitrogen and oxygen atoms in total. The van der Waals surface area contributed by atoms with Gasteiger partial charge in [-0.05, 0) is 37.3 Å². The normalized spacial score (nSPS) is 17.6. The minimum atomic E-state index is -0.137. The fourth-order valence-electron chi connectivity index (χ4n) is 5.39. The van der Waals surface area contributed by atoms with Gasteiger partial charge in [0, 0.05) is 67.2 Å². The van der Waals surface area contributed by atoms with E-state index < -0.39 is 0 Å². The van der Waals surface area contributed by atoms with Crippen LogP contribution >= 0.6 is 0 Å². The number of aromatic nitrogens is 1. The first-order chi connectivity index (χ1) is 17.5. The standard InChI is InChI=1S/C29H37N7/c1-3-13-36-14-12-27(35-21-9-5-4-6-10-21)25(19-36)29(32)22-11-7-8-20-15-28(34-18-23(20)22)24(17-33-2)26(31)16-30/h7-8,11,15,17-18,21,31-33,35H,3-6,9-10,12-14,19H2,1-2H3/b24-17+,31-26?,32-29?. The van der Waals surface area contributed by atoms with Crippen LogP contribution in [0.25, 0.3) is 16.3 Å². The van der Waals surface area contributed by atoms with Crippen LogP contribution < -0.4 is 10.6 Å². The summed E-state index contributed by atoms with van der Waals surface area (Å²) in [6.07, 6.45) is 11.8. The molecule has 2 aromatic rings. The average molecular weight is 484 g/mol. The topological polar surface area (TPSA) is 112 Å². The Morgan fingerprint density at radius 3 is 2.78 bits per heavy atom. The van der Waals surface area contributed by atoms with Crippen LogP contribution in [0.15, 0.2) is 47.9 Å². The van der Waals surface area contributed by atoms with Gasteiger partial charge in [0.05, 0.1) is 17.0 Å². The number of nitriles is 1. The zero-order valence-electron chi connectivity index (χ0n) is 21.5. The number of fused-ring (bicyclic) bond motifs is 1. The number of nitrogens with zero attached hydrogens (tertiary/aromatic N) is 3. The van der Waals surface area contributed by atoms with Crippen molar-refractivity contribution >= 4 is 27.8 Å². The Morgan fingerprint density at radius 1 is 1.25 bits per heavy atom. The molecule has 1 aliphatic carbocycles. The van der Waals surface area contributed by atoms with Gasteiger partial charge in [-0.3, -0.25) is 20.7 Å². The maximum Gasteiger partial charge on any atom is 0.143 e. The number of benzene rings is 1. The van der Waals surface area contributed by atoms with Gasteiger partial charge in [0.1, 0.15) is 11.8 Å². The second-order valence-electron chi connectivity index (χ2n) is 9.77. The van der Waals surface area contributed by atoms with Gasteiger partial charge < -0.3 is 10.6 Å². The lowest BCUT2D eigenvalue weighted by molar-refractivity contribution is 0.280. The lowest BCUT2D eigenvalue weighted by Crippen LogP contribution is -2.40. The van der Waals surface area contributed by atoms with E-state index >= 15 is 0 Å². The van der Waals surface area contributed by atoms with E-state index in [1.54, 1.807) is 19.4 Å². The van der Waals surface area contributed by atoms with Crippen molar-refractivity contribution in [2.75, 3.05) is 26.7 Å². The molecule has 7 heteroatoms. The SMILES string of the molecule is CCCN1CCC(NC2CCCCC2)=C(C(=N)c2cccc3cc(/C(=C/NC)C(=N)C#N)ncc23)C1. The number of allylic oxidation sites excluding steroid dienone is 1. The summed E-state index contributed by atoms with van der Waals surface area (Å²) < 4.78 is 0. The van der Waals surface area contributed by atoms with Gasteiger partial charge in [-0.2, -0.15) is 5.26 Å². The number of hydrogen-bond acceptors (Lipinski definition) is 7. The van der Waals surface area contributed by atoms with Crippen LogP contribution in [0.1, 0.15) is 63.1 Å². The highest BCUT2D eigenvalue weighted by molar-refractivity contribution is 6.29. The molecule has 0 radical (unpaired) electrons. The maximum absolute atomic E-state index is 9.33. The van der Waals surface area contributed by atoms with Crippen molar-refractivity contribution in [2.24, 2.45) is 0 Å². The van der Waals surface area contributed by atoms with Crippen LogP contribution in [0.3, 0.4) is 0 Å². The van der Waals surface area contributed by atoms with Gasteiger partial charge in [0.2, 0.25) is 0 Å². The van der Waals surface area contributed by atoms with Crippen LogP contribution in [0.2, 0.25) is 0 Å². The number of hydrogen-bond donors (Lipinski definition) is 4. The number of rotatable bonds is 9. The van der Waals surface area contributed by atoms with Crippen LogP contribution in [0.4, 0.5) is 0 Å². The monoisotopic (exact) mass is 483 g/mol. The minimum Gasteiger partial charge on any atom is -0.393 e. The Balaban J connectivity index is 1.71. The Bertz CT molecular complexity index is 1230. The summed E-state index contributed by atoms with van der Waals surface area (Å²) >= 11 is 0. The van der Waals surface area contributed by atoms with Crippen molar-refractivity contribution in [2.45, 2.75) is 57.9 Å². The molecule has 1 aromatic carbocycles. The molecule has 0 unspecified atom stereocenters. The molecule has 1 aromatic heterocycles. The van der Waals surface area contributed by atoms with E-state index in [0.717, 1.165) is 54.4 Å². The van der Waals surface area contributed by atoms with Crippen molar-refractivity contribution in [3.05, 3.63) is 59.2 Å². The molecule has 1 saturated carbocycles. The minimum absolute atomic E-state index is 0.137. The summed E-state index contributed by atoms with van der Waals surface area (Å²) in [4.78, 5) is 7.06. The fraction of sp³-hybridized carbons (Fsp3) is 0.448. The summed E-state index contributed by atoms with van der Waals surface area (Å²) in [7, 11) is 1.74. The smallest absolute Gasteiger partial charge is 0.143 e. The second kappa shape index (κ2) is 12.0. The molecule has 0 saturated heterocycles. The summed E-state index contributed by atoms with van der Waals surface area (Å²) in [5.41, 5.74) is 4.65. The van der Waals surface area contributed by atoms with Crippen molar-refractivity contribution in [1.82, 2.24) is 20.5 Å². The molecule has 4 rings (SSSR count). The van der Waals surface area contributed by atoms with Gasteiger partial charge in [-0.1, -0.05) is 44.4 Å². The second-order valence-corrected chi connectivity index (χ2v) is 9.77. The summed E-state index contributed by atoms with van der Waals surface area (Å²) in [5.74, 6) is 0. The third kappa shape index (κ3) is 5.66. The molecule has 36 heavy (non-hydrogen) atoms. The third-order valence-electron chi connectivity index (χ3n) is 7.23.